The molecule has 1 aliphatic heterocycles. The number of hydrogen-bond donors (Lipinski definition) is 1. The van der Waals surface area contributed by atoms with Crippen molar-refractivity contribution in [2.75, 3.05) is 28.8 Å². The van der Waals surface area contributed by atoms with Gasteiger partial charge in [0, 0.05) is 30.5 Å². The van der Waals surface area contributed by atoms with Crippen LogP contribution in [0.2, 0.25) is 0 Å². The molecule has 1 saturated heterocycles. The Morgan fingerprint density at radius 1 is 1.11 bits per heavy atom. The van der Waals surface area contributed by atoms with E-state index in [4.69, 9.17) is 0 Å². The molecular weight excluding hydrogens is 366 g/mol. The second-order valence-electron chi connectivity index (χ2n) is 6.66. The van der Waals surface area contributed by atoms with Gasteiger partial charge in [0.1, 0.15) is 5.82 Å². The van der Waals surface area contributed by atoms with E-state index in [0.717, 1.165) is 0 Å². The predicted molar refractivity (Wildman–Crippen MR) is 104 cm³/mol. The summed E-state index contributed by atoms with van der Waals surface area (Å²) in [6, 6.07) is 9.92. The van der Waals surface area contributed by atoms with Gasteiger partial charge in [-0.3, -0.25) is 9.59 Å². The van der Waals surface area contributed by atoms with Crippen LogP contribution in [0.1, 0.15) is 34.1 Å². The van der Waals surface area contributed by atoms with Crippen LogP contribution in [-0.2, 0) is 9.84 Å². The van der Waals surface area contributed by atoms with Crippen LogP contribution in [0.4, 0.5) is 11.5 Å². The molecule has 0 aliphatic carbocycles. The molecule has 0 saturated carbocycles. The third-order valence-electron chi connectivity index (χ3n) is 4.68. The highest BCUT2D eigenvalue weighted by atomic mass is 32.2. The number of carbonyl (C=O) groups excluding carboxylic acids is 2. The van der Waals surface area contributed by atoms with Gasteiger partial charge in [0.15, 0.2) is 15.6 Å². The lowest BCUT2D eigenvalue weighted by molar-refractivity contribution is 0.101. The number of hydrogen-bond acceptors (Lipinski definition) is 6. The lowest BCUT2D eigenvalue weighted by Crippen LogP contribution is -2.33. The van der Waals surface area contributed by atoms with E-state index in [1.807, 2.05) is 11.9 Å². The molecule has 8 heteroatoms. The minimum atomic E-state index is -2.97. The topological polar surface area (TPSA) is 96.4 Å². The summed E-state index contributed by atoms with van der Waals surface area (Å²) in [5.74, 6) is 0.608. The Kier molecular flexibility index (Phi) is 5.27. The van der Waals surface area contributed by atoms with E-state index in [1.165, 1.54) is 13.1 Å². The minimum absolute atomic E-state index is 0.0353. The molecule has 0 spiro atoms. The zero-order valence-corrected chi connectivity index (χ0v) is 16.0. The van der Waals surface area contributed by atoms with Crippen molar-refractivity contribution in [3.8, 4) is 0 Å². The fourth-order valence-electron chi connectivity index (χ4n) is 2.99. The normalized spacial score (nSPS) is 18.1. The number of benzene rings is 1. The van der Waals surface area contributed by atoms with Crippen molar-refractivity contribution in [3.63, 3.8) is 0 Å². The first kappa shape index (κ1) is 19.0. The molecule has 0 bridgehead atoms. The van der Waals surface area contributed by atoms with E-state index in [2.05, 4.69) is 10.3 Å². The van der Waals surface area contributed by atoms with Crippen molar-refractivity contribution in [2.45, 2.75) is 19.4 Å². The molecule has 1 amide bonds. The zero-order valence-electron chi connectivity index (χ0n) is 15.2. The third-order valence-corrected chi connectivity index (χ3v) is 6.43. The lowest BCUT2D eigenvalue weighted by Gasteiger charge is -2.24. The number of sulfone groups is 1. The summed E-state index contributed by atoms with van der Waals surface area (Å²) in [7, 11) is -1.16. The molecule has 1 aliphatic rings. The molecule has 1 fully saturated rings. The fraction of sp³-hybridized carbons (Fsp3) is 0.316. The summed E-state index contributed by atoms with van der Waals surface area (Å²) in [6.07, 6.45) is 2.05. The number of pyridine rings is 1. The molecular formula is C19H21N3O4S. The Balaban J connectivity index is 1.65. The first-order valence-corrected chi connectivity index (χ1v) is 10.4. The maximum Gasteiger partial charge on any atom is 0.257 e. The van der Waals surface area contributed by atoms with Gasteiger partial charge in [0.05, 0.1) is 17.1 Å². The van der Waals surface area contributed by atoms with E-state index < -0.39 is 9.84 Å². The SMILES string of the molecule is CC(=O)c1ccc(NC(=O)c2ccc(N(C)C3CCS(=O)(=O)C3)nc2)cc1. The van der Waals surface area contributed by atoms with Crippen LogP contribution in [-0.4, -0.2) is 49.7 Å². The Labute approximate surface area is 158 Å². The summed E-state index contributed by atoms with van der Waals surface area (Å²) in [4.78, 5) is 29.8. The zero-order chi connectivity index (χ0) is 19.6. The molecule has 1 N–H and O–H groups in total. The average Bonchev–Trinajstić information content (AvgIpc) is 3.01. The molecule has 27 heavy (non-hydrogen) atoms. The summed E-state index contributed by atoms with van der Waals surface area (Å²) >= 11 is 0. The van der Waals surface area contributed by atoms with E-state index in [-0.39, 0.29) is 29.2 Å². The summed E-state index contributed by atoms with van der Waals surface area (Å²) in [5, 5.41) is 2.76. The maximum atomic E-state index is 12.3. The summed E-state index contributed by atoms with van der Waals surface area (Å²) in [6.45, 7) is 1.48. The number of nitrogens with zero attached hydrogens (tertiary/aromatic N) is 2. The summed E-state index contributed by atoms with van der Waals surface area (Å²) < 4.78 is 23.3. The fourth-order valence-corrected chi connectivity index (χ4v) is 4.76. The monoisotopic (exact) mass is 387 g/mol. The number of rotatable bonds is 5. The average molecular weight is 387 g/mol. The number of Topliss-reactive ketones (excluding diaryl/α,β-unsaturated/α-hetero) is 1. The molecule has 1 aromatic heterocycles. The van der Waals surface area contributed by atoms with Gasteiger partial charge >= 0.3 is 0 Å². The van der Waals surface area contributed by atoms with Crippen LogP contribution < -0.4 is 10.2 Å². The first-order chi connectivity index (χ1) is 12.7. The van der Waals surface area contributed by atoms with E-state index >= 15 is 0 Å². The van der Waals surface area contributed by atoms with Crippen LogP contribution in [0.15, 0.2) is 42.6 Å². The maximum absolute atomic E-state index is 12.3. The van der Waals surface area contributed by atoms with Crippen molar-refractivity contribution in [1.29, 1.82) is 0 Å². The molecule has 3 rings (SSSR count). The van der Waals surface area contributed by atoms with Crippen molar-refractivity contribution >= 4 is 33.0 Å². The van der Waals surface area contributed by atoms with Gasteiger partial charge in [-0.05, 0) is 49.7 Å². The molecule has 0 radical (unpaired) electrons. The number of ketones is 1. The number of aromatic nitrogens is 1. The van der Waals surface area contributed by atoms with Crippen LogP contribution in [0.5, 0.6) is 0 Å². The third kappa shape index (κ3) is 4.51. The lowest BCUT2D eigenvalue weighted by atomic mass is 10.1. The molecule has 7 nitrogen and oxygen atoms in total. The van der Waals surface area contributed by atoms with Gasteiger partial charge in [-0.25, -0.2) is 13.4 Å². The largest absolute Gasteiger partial charge is 0.356 e. The molecule has 1 atom stereocenters. The van der Waals surface area contributed by atoms with Gasteiger partial charge in [0.25, 0.3) is 5.91 Å². The number of nitrogens with one attached hydrogen (secondary N) is 1. The Morgan fingerprint density at radius 3 is 2.30 bits per heavy atom. The standard InChI is InChI=1S/C19H21N3O4S/c1-13(23)14-3-6-16(7-4-14)21-19(24)15-5-8-18(20-11-15)22(2)17-9-10-27(25,26)12-17/h3-8,11,17H,9-10,12H2,1-2H3,(H,21,24). The molecule has 1 unspecified atom stereocenters. The van der Waals surface area contributed by atoms with Crippen LogP contribution >= 0.6 is 0 Å². The second kappa shape index (κ2) is 7.48. The van der Waals surface area contributed by atoms with Gasteiger partial charge in [-0.15, -0.1) is 0 Å². The molecule has 2 heterocycles. The van der Waals surface area contributed by atoms with E-state index in [1.54, 1.807) is 36.4 Å². The van der Waals surface area contributed by atoms with Crippen molar-refractivity contribution in [2.24, 2.45) is 0 Å². The summed E-state index contributed by atoms with van der Waals surface area (Å²) in [5.41, 5.74) is 1.56. The van der Waals surface area contributed by atoms with Crippen LogP contribution in [0.3, 0.4) is 0 Å². The quantitative estimate of drug-likeness (QED) is 0.790. The molecule has 2 aromatic rings. The van der Waals surface area contributed by atoms with Gasteiger partial charge in [-0.2, -0.15) is 0 Å². The Hall–Kier alpha value is -2.74. The predicted octanol–water partition coefficient (Wildman–Crippen LogP) is 2.16. The van der Waals surface area contributed by atoms with Crippen LogP contribution in [0.25, 0.3) is 0 Å². The van der Waals surface area contributed by atoms with Crippen LogP contribution in [0, 0.1) is 0 Å². The Morgan fingerprint density at radius 2 is 1.78 bits per heavy atom. The van der Waals surface area contributed by atoms with Crippen molar-refractivity contribution in [3.05, 3.63) is 53.7 Å². The highest BCUT2D eigenvalue weighted by molar-refractivity contribution is 7.91. The minimum Gasteiger partial charge on any atom is -0.356 e. The van der Waals surface area contributed by atoms with E-state index in [9.17, 15) is 18.0 Å². The molecule has 142 valence electrons. The van der Waals surface area contributed by atoms with Crippen molar-refractivity contribution < 1.29 is 18.0 Å². The number of amides is 1. The van der Waals surface area contributed by atoms with Gasteiger partial charge < -0.3 is 10.2 Å². The van der Waals surface area contributed by atoms with E-state index in [0.29, 0.717) is 29.1 Å². The van der Waals surface area contributed by atoms with Crippen molar-refractivity contribution in [1.82, 2.24) is 4.98 Å². The smallest absolute Gasteiger partial charge is 0.257 e. The second-order valence-corrected chi connectivity index (χ2v) is 8.89. The number of carbonyl (C=O) groups is 2. The van der Waals surface area contributed by atoms with Gasteiger partial charge in [0.2, 0.25) is 0 Å². The van der Waals surface area contributed by atoms with Gasteiger partial charge in [-0.1, -0.05) is 0 Å². The highest BCUT2D eigenvalue weighted by Crippen LogP contribution is 2.21. The number of anilines is 2. The Bertz CT molecular complexity index is 953. The molecule has 1 aromatic carbocycles. The highest BCUT2D eigenvalue weighted by Gasteiger charge is 2.31. The first-order valence-electron chi connectivity index (χ1n) is 8.57.